The van der Waals surface area contributed by atoms with Crippen LogP contribution in [0.1, 0.15) is 36.9 Å². The first-order valence-corrected chi connectivity index (χ1v) is 13.5. The molecule has 10 heteroatoms. The summed E-state index contributed by atoms with van der Waals surface area (Å²) in [6.07, 6.45) is 1.73. The number of para-hydroxylation sites is 2. The van der Waals surface area contributed by atoms with Gasteiger partial charge in [-0.2, -0.15) is 0 Å². The summed E-state index contributed by atoms with van der Waals surface area (Å²) in [6.45, 7) is 4.88. The van der Waals surface area contributed by atoms with Crippen molar-refractivity contribution in [2.24, 2.45) is 0 Å². The van der Waals surface area contributed by atoms with Gasteiger partial charge in [0.1, 0.15) is 18.1 Å². The molecule has 1 aliphatic heterocycles. The number of amides is 2. The van der Waals surface area contributed by atoms with E-state index in [0.29, 0.717) is 42.0 Å². The van der Waals surface area contributed by atoms with E-state index in [1.54, 1.807) is 12.1 Å². The third-order valence-corrected chi connectivity index (χ3v) is 6.98. The van der Waals surface area contributed by atoms with Gasteiger partial charge in [0.2, 0.25) is 11.8 Å². The van der Waals surface area contributed by atoms with Gasteiger partial charge in [0.15, 0.2) is 11.5 Å². The van der Waals surface area contributed by atoms with Crippen molar-refractivity contribution in [2.45, 2.75) is 45.4 Å². The second kappa shape index (κ2) is 12.2. The molecule has 2 N–H and O–H groups in total. The van der Waals surface area contributed by atoms with E-state index >= 15 is 0 Å². The van der Waals surface area contributed by atoms with Gasteiger partial charge in [-0.25, -0.2) is 4.68 Å². The molecule has 2 heterocycles. The van der Waals surface area contributed by atoms with Gasteiger partial charge in [-0.15, -0.1) is 5.10 Å². The molecule has 40 heavy (non-hydrogen) atoms. The Labute approximate surface area is 232 Å². The number of aromatic hydroxyl groups is 1. The van der Waals surface area contributed by atoms with E-state index in [2.05, 4.69) is 15.6 Å². The number of phenols is 1. The first-order valence-electron chi connectivity index (χ1n) is 13.5. The Morgan fingerprint density at radius 3 is 2.75 bits per heavy atom. The molecule has 1 fully saturated rings. The average Bonchev–Trinajstić information content (AvgIpc) is 3.63. The lowest BCUT2D eigenvalue weighted by Gasteiger charge is -2.33. The molecular formula is C30H33N5O5. The third-order valence-electron chi connectivity index (χ3n) is 6.98. The van der Waals surface area contributed by atoms with Crippen molar-refractivity contribution in [2.75, 3.05) is 24.7 Å². The average molecular weight is 544 g/mol. The number of phenolic OH excluding ortho intramolecular Hbond substituents is 1. The minimum absolute atomic E-state index is 0.0491. The predicted octanol–water partition coefficient (Wildman–Crippen LogP) is 3.91. The maximum Gasteiger partial charge on any atom is 0.249 e. The zero-order valence-electron chi connectivity index (χ0n) is 22.6. The Morgan fingerprint density at radius 2 is 1.98 bits per heavy atom. The number of aryl methyl sites for hydroxylation is 1. The Hall–Kier alpha value is -4.44. The number of benzene rings is 3. The van der Waals surface area contributed by atoms with Gasteiger partial charge in [0.05, 0.1) is 18.2 Å². The summed E-state index contributed by atoms with van der Waals surface area (Å²) < 4.78 is 12.9. The molecule has 1 aromatic heterocycles. The molecular weight excluding hydrogens is 510 g/mol. The topological polar surface area (TPSA) is 119 Å². The molecule has 1 aliphatic rings. The van der Waals surface area contributed by atoms with Gasteiger partial charge in [0, 0.05) is 18.8 Å². The largest absolute Gasteiger partial charge is 0.504 e. The van der Waals surface area contributed by atoms with Gasteiger partial charge < -0.3 is 19.9 Å². The van der Waals surface area contributed by atoms with Gasteiger partial charge in [-0.3, -0.25) is 14.5 Å². The Balaban J connectivity index is 1.58. The van der Waals surface area contributed by atoms with Gasteiger partial charge in [-0.05, 0) is 68.1 Å². The van der Waals surface area contributed by atoms with E-state index in [1.807, 2.05) is 62.4 Å². The van der Waals surface area contributed by atoms with Crippen LogP contribution in [-0.2, 0) is 20.9 Å². The lowest BCUT2D eigenvalue weighted by Crippen LogP contribution is -2.47. The molecule has 3 aromatic carbocycles. The molecule has 2 atom stereocenters. The first-order chi connectivity index (χ1) is 19.5. The highest BCUT2D eigenvalue weighted by Crippen LogP contribution is 2.35. The molecule has 4 aromatic rings. The van der Waals surface area contributed by atoms with Crippen molar-refractivity contribution in [1.82, 2.24) is 20.3 Å². The van der Waals surface area contributed by atoms with Gasteiger partial charge in [-0.1, -0.05) is 41.6 Å². The standard InChI is InChI=1S/C30H33N5O5/c1-3-39-27-17-21(14-15-26(27)36)29(30(38)31-18-22-10-8-16-40-22)35(24-12-6-4-9-20(24)2)28(37)19-34-25-13-7-5-11-23(25)32-33-34/h4-7,9,11-15,17,22,29,36H,3,8,10,16,18-19H2,1-2H3,(H,31,38)/t22-,29-/m0/s1. The number of fused-ring (bicyclic) bond motifs is 1. The van der Waals surface area contributed by atoms with Crippen LogP contribution in [0.5, 0.6) is 11.5 Å². The van der Waals surface area contributed by atoms with Gasteiger partial charge in [0.25, 0.3) is 0 Å². The second-order valence-corrected chi connectivity index (χ2v) is 9.73. The fourth-order valence-corrected chi connectivity index (χ4v) is 5.00. The lowest BCUT2D eigenvalue weighted by molar-refractivity contribution is -0.127. The summed E-state index contributed by atoms with van der Waals surface area (Å²) >= 11 is 0. The SMILES string of the molecule is CCOc1cc([C@@H](C(=O)NC[C@@H]2CCCO2)N(C(=O)Cn2nnc3ccccc32)c2ccccc2C)ccc1O. The van der Waals surface area contributed by atoms with Crippen molar-refractivity contribution >= 4 is 28.5 Å². The maximum absolute atomic E-state index is 14.2. The summed E-state index contributed by atoms with van der Waals surface area (Å²) in [7, 11) is 0. The maximum atomic E-state index is 14.2. The van der Waals surface area contributed by atoms with Crippen LogP contribution in [0.15, 0.2) is 66.7 Å². The quantitative estimate of drug-likeness (QED) is 0.311. The normalized spacial score (nSPS) is 15.6. The summed E-state index contributed by atoms with van der Waals surface area (Å²) in [4.78, 5) is 29.7. The Bertz CT molecular complexity index is 1500. The highest BCUT2D eigenvalue weighted by molar-refractivity contribution is 6.02. The molecule has 0 aliphatic carbocycles. The summed E-state index contributed by atoms with van der Waals surface area (Å²) in [5.41, 5.74) is 3.28. The van der Waals surface area contributed by atoms with Crippen LogP contribution in [-0.4, -0.2) is 57.8 Å². The van der Waals surface area contributed by atoms with E-state index in [-0.39, 0.29) is 36.0 Å². The number of nitrogens with zero attached hydrogens (tertiary/aromatic N) is 4. The van der Waals surface area contributed by atoms with Crippen LogP contribution in [0, 0.1) is 6.92 Å². The van der Waals surface area contributed by atoms with E-state index < -0.39 is 6.04 Å². The molecule has 1 saturated heterocycles. The molecule has 2 amide bonds. The van der Waals surface area contributed by atoms with E-state index in [1.165, 1.54) is 15.6 Å². The minimum Gasteiger partial charge on any atom is -0.504 e. The van der Waals surface area contributed by atoms with Crippen LogP contribution in [0.2, 0.25) is 0 Å². The second-order valence-electron chi connectivity index (χ2n) is 9.73. The Kier molecular flexibility index (Phi) is 8.26. The molecule has 0 unspecified atom stereocenters. The van der Waals surface area contributed by atoms with Crippen LogP contribution >= 0.6 is 0 Å². The number of hydrogen-bond acceptors (Lipinski definition) is 7. The van der Waals surface area contributed by atoms with Crippen molar-refractivity contribution in [1.29, 1.82) is 0 Å². The van der Waals surface area contributed by atoms with E-state index in [0.717, 1.165) is 18.4 Å². The third kappa shape index (κ3) is 5.76. The molecule has 0 bridgehead atoms. The summed E-state index contributed by atoms with van der Waals surface area (Å²) in [5, 5.41) is 21.8. The monoisotopic (exact) mass is 543 g/mol. The number of carbonyl (C=O) groups is 2. The molecule has 0 radical (unpaired) electrons. The van der Waals surface area contributed by atoms with E-state index in [4.69, 9.17) is 9.47 Å². The molecule has 208 valence electrons. The molecule has 5 rings (SSSR count). The zero-order valence-corrected chi connectivity index (χ0v) is 22.6. The first kappa shape index (κ1) is 27.1. The number of aromatic nitrogens is 3. The van der Waals surface area contributed by atoms with Crippen molar-refractivity contribution < 1.29 is 24.2 Å². The van der Waals surface area contributed by atoms with Gasteiger partial charge >= 0.3 is 0 Å². The number of carbonyl (C=O) groups excluding carboxylic acids is 2. The summed E-state index contributed by atoms with van der Waals surface area (Å²) in [6, 6.07) is 18.5. The molecule has 10 nitrogen and oxygen atoms in total. The number of ether oxygens (including phenoxy) is 2. The fourth-order valence-electron chi connectivity index (χ4n) is 5.00. The highest BCUT2D eigenvalue weighted by Gasteiger charge is 2.35. The van der Waals surface area contributed by atoms with E-state index in [9.17, 15) is 14.7 Å². The summed E-state index contributed by atoms with van der Waals surface area (Å²) in [5.74, 6) is -0.541. The number of rotatable bonds is 10. The number of nitrogens with one attached hydrogen (secondary N) is 1. The molecule has 0 spiro atoms. The molecule has 0 saturated carbocycles. The van der Waals surface area contributed by atoms with Crippen LogP contribution in [0.25, 0.3) is 11.0 Å². The highest BCUT2D eigenvalue weighted by atomic mass is 16.5. The number of hydrogen-bond donors (Lipinski definition) is 2. The van der Waals surface area contributed by atoms with Crippen LogP contribution in [0.4, 0.5) is 5.69 Å². The lowest BCUT2D eigenvalue weighted by atomic mass is 10.0. The van der Waals surface area contributed by atoms with Crippen molar-refractivity contribution in [3.05, 3.63) is 77.9 Å². The van der Waals surface area contributed by atoms with Crippen molar-refractivity contribution in [3.63, 3.8) is 0 Å². The minimum atomic E-state index is -1.07. The fraction of sp³-hybridized carbons (Fsp3) is 0.333. The van der Waals surface area contributed by atoms with Crippen LogP contribution < -0.4 is 15.0 Å². The van der Waals surface area contributed by atoms with Crippen molar-refractivity contribution in [3.8, 4) is 11.5 Å². The number of anilines is 1. The Morgan fingerprint density at radius 1 is 1.18 bits per heavy atom. The van der Waals surface area contributed by atoms with Crippen LogP contribution in [0.3, 0.4) is 0 Å². The zero-order chi connectivity index (χ0) is 28.1. The predicted molar refractivity (Wildman–Crippen MR) is 150 cm³/mol. The smallest absolute Gasteiger partial charge is 0.249 e.